The third kappa shape index (κ3) is 2.06. The number of nitrogens with two attached hydrogens (primary N) is 1. The first-order chi connectivity index (χ1) is 9.24. The molecular formula is C11H8N6O2. The van der Waals surface area contributed by atoms with Gasteiger partial charge in [-0.2, -0.15) is 0 Å². The number of carbonyl (C=O) groups excluding carboxylic acids is 1. The Bertz CT molecular complexity index is 703. The van der Waals surface area contributed by atoms with E-state index in [1.54, 1.807) is 30.7 Å². The van der Waals surface area contributed by atoms with Gasteiger partial charge in [0.15, 0.2) is 5.82 Å². The summed E-state index contributed by atoms with van der Waals surface area (Å²) in [6, 6.07) is 0. The van der Waals surface area contributed by atoms with E-state index in [0.29, 0.717) is 17.1 Å². The number of anilines is 1. The highest BCUT2D eigenvalue weighted by Crippen LogP contribution is 2.21. The smallest absolute Gasteiger partial charge is 0.306 e. The summed E-state index contributed by atoms with van der Waals surface area (Å²) in [5.74, 6) is -0.201. The van der Waals surface area contributed by atoms with Gasteiger partial charge in [0.1, 0.15) is 5.69 Å². The summed E-state index contributed by atoms with van der Waals surface area (Å²) in [4.78, 5) is 19.2. The van der Waals surface area contributed by atoms with Crippen LogP contribution < -0.4 is 11.1 Å². The summed E-state index contributed by atoms with van der Waals surface area (Å²) in [6.07, 6.45) is 8.29. The third-order valence-electron chi connectivity index (χ3n) is 2.39. The van der Waals surface area contributed by atoms with Gasteiger partial charge in [0, 0.05) is 18.6 Å². The van der Waals surface area contributed by atoms with Gasteiger partial charge < -0.3 is 15.5 Å². The molecule has 1 aliphatic rings. The van der Waals surface area contributed by atoms with Gasteiger partial charge >= 0.3 is 11.8 Å². The van der Waals surface area contributed by atoms with E-state index in [1.807, 2.05) is 0 Å². The lowest BCUT2D eigenvalue weighted by atomic mass is 10.2. The summed E-state index contributed by atoms with van der Waals surface area (Å²) >= 11 is 0. The number of hydrogen-bond donors (Lipinski definition) is 2. The highest BCUT2D eigenvalue weighted by atomic mass is 16.4. The number of fused-ring (bicyclic) bond motifs is 1. The maximum atomic E-state index is 10.9. The molecule has 0 aliphatic carbocycles. The maximum absolute atomic E-state index is 10.9. The summed E-state index contributed by atoms with van der Waals surface area (Å²) < 4.78 is 5.14. The summed E-state index contributed by atoms with van der Waals surface area (Å²) in [5, 5.41) is 10.3. The van der Waals surface area contributed by atoms with Crippen molar-refractivity contribution >= 4 is 23.4 Å². The van der Waals surface area contributed by atoms with Gasteiger partial charge in [-0.15, -0.1) is 10.2 Å². The number of hydrogen-bond acceptors (Lipinski definition) is 7. The van der Waals surface area contributed by atoms with Crippen LogP contribution >= 0.6 is 0 Å². The molecule has 8 nitrogen and oxygen atoms in total. The second-order valence-corrected chi connectivity index (χ2v) is 3.64. The van der Waals surface area contributed by atoms with Crippen molar-refractivity contribution in [3.63, 3.8) is 0 Å². The average molecular weight is 256 g/mol. The van der Waals surface area contributed by atoms with Gasteiger partial charge in [-0.1, -0.05) is 0 Å². The van der Waals surface area contributed by atoms with Gasteiger partial charge in [-0.25, -0.2) is 4.98 Å². The lowest BCUT2D eigenvalue weighted by Crippen LogP contribution is -2.10. The molecule has 2 aromatic heterocycles. The normalized spacial score (nSPS) is 13.2. The van der Waals surface area contributed by atoms with E-state index in [9.17, 15) is 4.79 Å². The molecule has 0 saturated carbocycles. The molecule has 94 valence electrons. The molecule has 0 aromatic carbocycles. The van der Waals surface area contributed by atoms with E-state index in [1.165, 1.54) is 0 Å². The molecule has 2 aromatic rings. The molecule has 0 unspecified atom stereocenters. The molecule has 0 atom stereocenters. The van der Waals surface area contributed by atoms with Crippen molar-refractivity contribution in [1.29, 1.82) is 0 Å². The quantitative estimate of drug-likeness (QED) is 0.799. The van der Waals surface area contributed by atoms with Crippen molar-refractivity contribution in [2.45, 2.75) is 0 Å². The van der Waals surface area contributed by atoms with Crippen LogP contribution in [0, 0.1) is 0 Å². The van der Waals surface area contributed by atoms with Crippen LogP contribution in [0.15, 0.2) is 29.1 Å². The minimum absolute atomic E-state index is 0.186. The number of allylic oxidation sites excluding steroid dienone is 2. The molecule has 0 bridgehead atoms. The molecule has 3 heterocycles. The zero-order chi connectivity index (χ0) is 13.2. The first-order valence-electron chi connectivity index (χ1n) is 5.33. The van der Waals surface area contributed by atoms with Crippen molar-refractivity contribution in [2.24, 2.45) is 5.73 Å². The largest absolute Gasteiger partial charge is 0.412 e. The Morgan fingerprint density at radius 1 is 1.21 bits per heavy atom. The van der Waals surface area contributed by atoms with E-state index in [2.05, 4.69) is 25.5 Å². The summed E-state index contributed by atoms with van der Waals surface area (Å²) in [7, 11) is 0. The summed E-state index contributed by atoms with van der Waals surface area (Å²) in [6.45, 7) is 0. The van der Waals surface area contributed by atoms with Crippen LogP contribution in [0.1, 0.15) is 22.3 Å². The topological polar surface area (TPSA) is 120 Å². The van der Waals surface area contributed by atoms with E-state index in [-0.39, 0.29) is 11.8 Å². The second kappa shape index (κ2) is 4.33. The number of nitrogens with one attached hydrogen (secondary N) is 1. The van der Waals surface area contributed by atoms with Crippen LogP contribution in [0.4, 0.5) is 5.82 Å². The highest BCUT2D eigenvalue weighted by molar-refractivity contribution is 5.88. The van der Waals surface area contributed by atoms with Crippen LogP contribution in [-0.4, -0.2) is 26.1 Å². The predicted molar refractivity (Wildman–Crippen MR) is 65.5 cm³/mol. The number of aromatic nitrogens is 4. The molecule has 0 fully saturated rings. The minimum Gasteiger partial charge on any atom is -0.412 e. The van der Waals surface area contributed by atoms with Gasteiger partial charge in [-0.3, -0.25) is 9.78 Å². The Hall–Kier alpha value is -3.03. The number of carbonyl (C=O) groups is 1. The standard InChI is InChI=1S/C11H8N6O2/c12-8(18)11-17-16-10(19-11)6-1-2-7-9(15-5-6)14-4-3-13-7/h1-5H,(H2,12,18)(H,14,15). The van der Waals surface area contributed by atoms with Crippen molar-refractivity contribution in [1.82, 2.24) is 20.2 Å². The van der Waals surface area contributed by atoms with Gasteiger partial charge in [0.05, 0.1) is 5.57 Å². The van der Waals surface area contributed by atoms with Crippen molar-refractivity contribution < 1.29 is 9.21 Å². The Morgan fingerprint density at radius 3 is 2.84 bits per heavy atom. The van der Waals surface area contributed by atoms with E-state index < -0.39 is 5.91 Å². The Labute approximate surface area is 107 Å². The first kappa shape index (κ1) is 11.1. The minimum atomic E-state index is -0.767. The Balaban J connectivity index is 1.95. The number of primary amides is 1. The molecule has 3 N–H and O–H groups in total. The number of amides is 1. The Morgan fingerprint density at radius 2 is 2.05 bits per heavy atom. The highest BCUT2D eigenvalue weighted by Gasteiger charge is 2.15. The molecule has 3 rings (SSSR count). The van der Waals surface area contributed by atoms with Crippen LogP contribution in [0.25, 0.3) is 11.6 Å². The van der Waals surface area contributed by atoms with Gasteiger partial charge in [0.2, 0.25) is 5.89 Å². The van der Waals surface area contributed by atoms with Crippen LogP contribution in [-0.2, 0) is 0 Å². The van der Waals surface area contributed by atoms with Gasteiger partial charge in [0.25, 0.3) is 0 Å². The monoisotopic (exact) mass is 256 g/mol. The fraction of sp³-hybridized carbons (Fsp3) is 0. The number of nitrogens with zero attached hydrogens (tertiary/aromatic N) is 4. The maximum Gasteiger partial charge on any atom is 0.306 e. The van der Waals surface area contributed by atoms with Crippen molar-refractivity contribution in [3.8, 4) is 0 Å². The van der Waals surface area contributed by atoms with Crippen molar-refractivity contribution in [3.05, 3.63) is 42.1 Å². The third-order valence-corrected chi connectivity index (χ3v) is 2.39. The molecule has 0 saturated heterocycles. The van der Waals surface area contributed by atoms with Crippen LogP contribution in [0.3, 0.4) is 0 Å². The fourth-order valence-corrected chi connectivity index (χ4v) is 1.52. The van der Waals surface area contributed by atoms with Gasteiger partial charge in [-0.05, 0) is 12.2 Å². The van der Waals surface area contributed by atoms with Crippen LogP contribution in [0.5, 0.6) is 0 Å². The molecule has 8 heteroatoms. The van der Waals surface area contributed by atoms with E-state index in [4.69, 9.17) is 10.2 Å². The first-order valence-corrected chi connectivity index (χ1v) is 5.33. The summed E-state index contributed by atoms with van der Waals surface area (Å²) in [5.41, 5.74) is 6.33. The predicted octanol–water partition coefficient (Wildman–Crippen LogP) is 0.438. The van der Waals surface area contributed by atoms with Crippen LogP contribution in [0.2, 0.25) is 0 Å². The van der Waals surface area contributed by atoms with E-state index in [0.717, 1.165) is 0 Å². The molecule has 0 spiro atoms. The molecule has 19 heavy (non-hydrogen) atoms. The zero-order valence-electron chi connectivity index (χ0n) is 9.57. The number of rotatable bonds is 2. The lowest BCUT2D eigenvalue weighted by Gasteiger charge is -2.00. The SMILES string of the molecule is NC(=O)c1nnc(C2=CNc3nccnc3C=C2)o1. The Kier molecular flexibility index (Phi) is 2.53. The molecular weight excluding hydrogens is 248 g/mol. The lowest BCUT2D eigenvalue weighted by molar-refractivity contribution is 0.0966. The zero-order valence-corrected chi connectivity index (χ0v) is 9.57. The fourth-order valence-electron chi connectivity index (χ4n) is 1.52. The molecule has 1 aliphatic heterocycles. The van der Waals surface area contributed by atoms with E-state index >= 15 is 0 Å². The molecule has 1 amide bonds. The average Bonchev–Trinajstić information content (AvgIpc) is 2.80. The second-order valence-electron chi connectivity index (χ2n) is 3.64. The van der Waals surface area contributed by atoms with Crippen molar-refractivity contribution in [2.75, 3.05) is 5.32 Å². The molecule has 0 radical (unpaired) electrons.